The van der Waals surface area contributed by atoms with Gasteiger partial charge in [-0.25, -0.2) is 0 Å². The van der Waals surface area contributed by atoms with Gasteiger partial charge in [0.05, 0.1) is 12.9 Å². The summed E-state index contributed by atoms with van der Waals surface area (Å²) in [6, 6.07) is 0. The van der Waals surface area contributed by atoms with Gasteiger partial charge in [0.1, 0.15) is 0 Å². The smallest absolute Gasteiger partial charge is 0.0901 e. The Morgan fingerprint density at radius 3 is 2.09 bits per heavy atom. The number of hydrogen-bond donors (Lipinski definition) is 0. The van der Waals surface area contributed by atoms with Crippen LogP contribution in [0, 0.1) is 23.7 Å². The van der Waals surface area contributed by atoms with Crippen molar-refractivity contribution in [1.82, 2.24) is 0 Å². The average Bonchev–Trinajstić information content (AvgIpc) is 2.60. The lowest BCUT2D eigenvalue weighted by Gasteiger charge is -2.37. The predicted octanol–water partition coefficient (Wildman–Crippen LogP) is 6.90. The van der Waals surface area contributed by atoms with Gasteiger partial charge in [-0.2, -0.15) is 0 Å². The van der Waals surface area contributed by atoms with Crippen LogP contribution in [0.4, 0.5) is 0 Å². The molecular weight excluding hydrogens is 280 g/mol. The lowest BCUT2D eigenvalue weighted by molar-refractivity contribution is 0.113. The van der Waals surface area contributed by atoms with E-state index < -0.39 is 0 Å². The first-order chi connectivity index (χ1) is 11.3. The second kappa shape index (κ2) is 10.9. The van der Waals surface area contributed by atoms with Crippen LogP contribution in [0.15, 0.2) is 24.5 Å². The lowest BCUT2D eigenvalue weighted by atomic mass is 9.69. The Hall–Kier alpha value is -0.720. The molecule has 2 fully saturated rings. The van der Waals surface area contributed by atoms with E-state index in [2.05, 4.69) is 32.1 Å². The minimum absolute atomic E-state index is 0.807. The van der Waals surface area contributed by atoms with Crippen molar-refractivity contribution in [2.45, 2.75) is 84.5 Å². The van der Waals surface area contributed by atoms with Crippen molar-refractivity contribution in [3.05, 3.63) is 24.5 Å². The molecule has 2 aliphatic rings. The third kappa shape index (κ3) is 6.73. The van der Waals surface area contributed by atoms with Crippen molar-refractivity contribution in [2.75, 3.05) is 6.61 Å². The second-order valence-electron chi connectivity index (χ2n) is 7.79. The first kappa shape index (κ1) is 18.6. The number of rotatable bonds is 8. The molecule has 0 aliphatic heterocycles. The van der Waals surface area contributed by atoms with Crippen molar-refractivity contribution in [3.8, 4) is 0 Å². The number of ether oxygens (including phenoxy) is 1. The van der Waals surface area contributed by atoms with Crippen LogP contribution in [-0.4, -0.2) is 6.61 Å². The molecule has 0 N–H and O–H groups in total. The van der Waals surface area contributed by atoms with E-state index in [0.29, 0.717) is 0 Å². The molecule has 0 heterocycles. The third-order valence-corrected chi connectivity index (χ3v) is 6.00. The van der Waals surface area contributed by atoms with Crippen LogP contribution in [0.2, 0.25) is 0 Å². The molecule has 1 nitrogen and oxygen atoms in total. The Kier molecular flexibility index (Phi) is 8.86. The van der Waals surface area contributed by atoms with Gasteiger partial charge in [0.2, 0.25) is 0 Å². The van der Waals surface area contributed by atoms with Crippen LogP contribution >= 0.6 is 0 Å². The zero-order valence-electron chi connectivity index (χ0n) is 15.5. The molecule has 0 spiro atoms. The summed E-state index contributed by atoms with van der Waals surface area (Å²) >= 11 is 0. The third-order valence-electron chi connectivity index (χ3n) is 6.00. The second-order valence-corrected chi connectivity index (χ2v) is 7.79. The van der Waals surface area contributed by atoms with Crippen LogP contribution < -0.4 is 0 Å². The first-order valence-corrected chi connectivity index (χ1v) is 10.3. The van der Waals surface area contributed by atoms with Gasteiger partial charge < -0.3 is 4.74 Å². The molecule has 2 saturated carbocycles. The van der Waals surface area contributed by atoms with Crippen LogP contribution in [0.3, 0.4) is 0 Å². The molecule has 0 amide bonds. The van der Waals surface area contributed by atoms with E-state index in [4.69, 9.17) is 4.74 Å². The maximum Gasteiger partial charge on any atom is 0.0901 e. The Bertz CT molecular complexity index is 341. The minimum Gasteiger partial charge on any atom is -0.501 e. The summed E-state index contributed by atoms with van der Waals surface area (Å²) in [4.78, 5) is 0. The normalized spacial score (nSPS) is 32.6. The molecule has 0 radical (unpaired) electrons. The van der Waals surface area contributed by atoms with E-state index in [1.807, 2.05) is 6.26 Å². The van der Waals surface area contributed by atoms with E-state index in [0.717, 1.165) is 36.7 Å². The molecule has 0 bridgehead atoms. The summed E-state index contributed by atoms with van der Waals surface area (Å²) in [7, 11) is 0. The largest absolute Gasteiger partial charge is 0.501 e. The Labute approximate surface area is 144 Å². The molecule has 0 unspecified atom stereocenters. The van der Waals surface area contributed by atoms with E-state index in [1.165, 1.54) is 64.2 Å². The SMILES string of the molecule is CCC=COCC1CCC(C2CCC(C=CCCC)CC2)CC1. The predicted molar refractivity (Wildman–Crippen MR) is 100 cm³/mol. The molecule has 2 rings (SSSR count). The molecule has 1 heteroatoms. The molecule has 132 valence electrons. The minimum atomic E-state index is 0.807. The van der Waals surface area contributed by atoms with Gasteiger partial charge in [0.15, 0.2) is 0 Å². The zero-order valence-corrected chi connectivity index (χ0v) is 15.5. The molecule has 0 saturated heterocycles. The first-order valence-electron chi connectivity index (χ1n) is 10.3. The van der Waals surface area contributed by atoms with Crippen LogP contribution in [-0.2, 0) is 4.74 Å². The summed E-state index contributed by atoms with van der Waals surface area (Å²) in [5, 5.41) is 0. The maximum atomic E-state index is 5.67. The maximum absolute atomic E-state index is 5.67. The lowest BCUT2D eigenvalue weighted by Crippen LogP contribution is -2.26. The van der Waals surface area contributed by atoms with Gasteiger partial charge >= 0.3 is 0 Å². The van der Waals surface area contributed by atoms with E-state index >= 15 is 0 Å². The highest BCUT2D eigenvalue weighted by Gasteiger charge is 2.30. The van der Waals surface area contributed by atoms with E-state index in [-0.39, 0.29) is 0 Å². The molecule has 0 aromatic heterocycles. The van der Waals surface area contributed by atoms with Crippen molar-refractivity contribution in [1.29, 1.82) is 0 Å². The van der Waals surface area contributed by atoms with Gasteiger partial charge in [-0.3, -0.25) is 0 Å². The fourth-order valence-electron chi connectivity index (χ4n) is 4.45. The summed E-state index contributed by atoms with van der Waals surface area (Å²) in [5.74, 6) is 3.72. The summed E-state index contributed by atoms with van der Waals surface area (Å²) < 4.78 is 5.67. The van der Waals surface area contributed by atoms with Crippen LogP contribution in [0.1, 0.15) is 84.5 Å². The highest BCUT2D eigenvalue weighted by Crippen LogP contribution is 2.41. The van der Waals surface area contributed by atoms with Gasteiger partial charge in [0, 0.05) is 0 Å². The standard InChI is InChI=1S/C22H38O/c1-3-5-7-8-19-9-13-21(14-10-19)22-15-11-20(12-16-22)18-23-17-6-4-2/h6-8,17,19-22H,3-5,9-16,18H2,1-2H3. The topological polar surface area (TPSA) is 9.23 Å². The number of allylic oxidation sites excluding steroid dienone is 3. The van der Waals surface area contributed by atoms with Crippen molar-refractivity contribution < 1.29 is 4.74 Å². The summed E-state index contributed by atoms with van der Waals surface area (Å²) in [6.07, 6.45) is 24.1. The van der Waals surface area contributed by atoms with Gasteiger partial charge in [0.25, 0.3) is 0 Å². The van der Waals surface area contributed by atoms with Crippen LogP contribution in [0.25, 0.3) is 0 Å². The highest BCUT2D eigenvalue weighted by atomic mass is 16.5. The number of unbranched alkanes of at least 4 members (excludes halogenated alkanes) is 1. The quantitative estimate of drug-likeness (QED) is 0.349. The van der Waals surface area contributed by atoms with Crippen molar-refractivity contribution >= 4 is 0 Å². The Morgan fingerprint density at radius 1 is 0.826 bits per heavy atom. The van der Waals surface area contributed by atoms with Gasteiger partial charge in [-0.1, -0.05) is 38.5 Å². The zero-order chi connectivity index (χ0) is 16.3. The van der Waals surface area contributed by atoms with E-state index in [1.54, 1.807) is 0 Å². The molecule has 0 aromatic carbocycles. The molecule has 0 atom stereocenters. The van der Waals surface area contributed by atoms with Gasteiger partial charge in [-0.15, -0.1) is 0 Å². The fourth-order valence-corrected chi connectivity index (χ4v) is 4.45. The Morgan fingerprint density at radius 2 is 1.48 bits per heavy atom. The molecule has 0 aromatic rings. The van der Waals surface area contributed by atoms with E-state index in [9.17, 15) is 0 Å². The Balaban J connectivity index is 1.62. The van der Waals surface area contributed by atoms with Crippen molar-refractivity contribution in [3.63, 3.8) is 0 Å². The molecule has 23 heavy (non-hydrogen) atoms. The summed E-state index contributed by atoms with van der Waals surface area (Å²) in [5.41, 5.74) is 0. The monoisotopic (exact) mass is 318 g/mol. The average molecular weight is 319 g/mol. The summed E-state index contributed by atoms with van der Waals surface area (Å²) in [6.45, 7) is 5.36. The molecule has 2 aliphatic carbocycles. The molecular formula is C22H38O. The van der Waals surface area contributed by atoms with Crippen molar-refractivity contribution in [2.24, 2.45) is 23.7 Å². The highest BCUT2D eigenvalue weighted by molar-refractivity contribution is 4.92. The fraction of sp³-hybridized carbons (Fsp3) is 0.818. The van der Waals surface area contributed by atoms with Crippen LogP contribution in [0.5, 0.6) is 0 Å². The van der Waals surface area contributed by atoms with Gasteiger partial charge in [-0.05, 0) is 87.9 Å². The number of hydrogen-bond acceptors (Lipinski definition) is 1.